The van der Waals surface area contributed by atoms with Gasteiger partial charge in [0, 0.05) is 34.0 Å². The Morgan fingerprint density at radius 3 is 2.08 bits per heavy atom. The Balaban J connectivity index is 2.07. The van der Waals surface area contributed by atoms with Gasteiger partial charge in [-0.2, -0.15) is 0 Å². The van der Waals surface area contributed by atoms with Gasteiger partial charge in [0.05, 0.1) is 5.56 Å². The van der Waals surface area contributed by atoms with Gasteiger partial charge >= 0.3 is 0 Å². The summed E-state index contributed by atoms with van der Waals surface area (Å²) in [7, 11) is 6.05. The lowest BCUT2D eigenvalue weighted by Gasteiger charge is -2.31. The van der Waals surface area contributed by atoms with Crippen molar-refractivity contribution in [2.45, 2.75) is 26.4 Å². The first kappa shape index (κ1) is 30.0. The summed E-state index contributed by atoms with van der Waals surface area (Å²) < 4.78 is 49.5. The van der Waals surface area contributed by atoms with Crippen LogP contribution in [0.5, 0.6) is 28.7 Å². The Morgan fingerprint density at radius 1 is 0.846 bits per heavy atom. The van der Waals surface area contributed by atoms with Gasteiger partial charge in [0.15, 0.2) is 44.5 Å². The molecule has 0 amide bonds. The lowest BCUT2D eigenvalue weighted by Crippen LogP contribution is -2.28. The molecule has 0 saturated carbocycles. The van der Waals surface area contributed by atoms with Gasteiger partial charge in [0.2, 0.25) is 0 Å². The van der Waals surface area contributed by atoms with Crippen LogP contribution < -0.4 is 23.7 Å². The number of hydrogen-bond donors (Lipinski definition) is 0. The molecular weight excluding hydrogens is 508 g/mol. The second kappa shape index (κ2) is 14.0. The molecule has 1 aliphatic rings. The molecule has 0 N–H and O–H groups in total. The van der Waals surface area contributed by atoms with Crippen LogP contribution in [-0.4, -0.2) is 67.0 Å². The van der Waals surface area contributed by atoms with Crippen LogP contribution in [0.25, 0.3) is 12.2 Å². The van der Waals surface area contributed by atoms with E-state index in [1.807, 2.05) is 32.9 Å². The van der Waals surface area contributed by atoms with E-state index in [9.17, 15) is 4.79 Å². The highest BCUT2D eigenvalue weighted by Gasteiger charge is 2.32. The Kier molecular flexibility index (Phi) is 10.8. The molecule has 10 nitrogen and oxygen atoms in total. The molecule has 0 aliphatic carbocycles. The fourth-order valence-corrected chi connectivity index (χ4v) is 3.85. The summed E-state index contributed by atoms with van der Waals surface area (Å²) in [5.74, 6) is 1.71. The number of carbonyl (C=O) groups is 1. The molecule has 2 aromatic rings. The molecular formula is C29H36O10. The van der Waals surface area contributed by atoms with Crippen molar-refractivity contribution in [3.63, 3.8) is 0 Å². The Bertz CT molecular complexity index is 1200. The molecule has 1 aliphatic heterocycles. The summed E-state index contributed by atoms with van der Waals surface area (Å²) in [5, 5.41) is 0. The van der Waals surface area contributed by atoms with E-state index in [1.54, 1.807) is 24.3 Å². The number of fused-ring (bicyclic) bond motifs is 1. The first-order valence-electron chi connectivity index (χ1n) is 12.2. The minimum Gasteiger partial charge on any atom is -0.483 e. The third-order valence-corrected chi connectivity index (χ3v) is 5.59. The number of rotatable bonds is 15. The first-order chi connectivity index (χ1) is 18.8. The number of hydrogen-bond acceptors (Lipinski definition) is 10. The van der Waals surface area contributed by atoms with Gasteiger partial charge in [-0.25, -0.2) is 0 Å². The predicted molar refractivity (Wildman–Crippen MR) is 145 cm³/mol. The molecule has 0 aromatic heterocycles. The van der Waals surface area contributed by atoms with Crippen LogP contribution in [0.4, 0.5) is 0 Å². The normalized spacial score (nSPS) is 13.6. The molecule has 0 radical (unpaired) electrons. The van der Waals surface area contributed by atoms with Crippen LogP contribution in [-0.2, 0) is 18.9 Å². The highest BCUT2D eigenvalue weighted by Crippen LogP contribution is 2.47. The number of benzene rings is 2. The zero-order valence-electron chi connectivity index (χ0n) is 23.5. The molecule has 0 unspecified atom stereocenters. The summed E-state index contributed by atoms with van der Waals surface area (Å²) in [4.78, 5) is 13.7. The highest BCUT2D eigenvalue weighted by molar-refractivity contribution is 6.12. The van der Waals surface area contributed by atoms with Gasteiger partial charge in [0.1, 0.15) is 28.4 Å². The largest absolute Gasteiger partial charge is 0.483 e. The molecule has 39 heavy (non-hydrogen) atoms. The number of carbonyl (C=O) groups excluding carboxylic acids is 1. The Morgan fingerprint density at radius 2 is 1.44 bits per heavy atom. The number of ether oxygens (including phenoxy) is 9. The number of allylic oxidation sites excluding steroid dienone is 1. The fraction of sp³-hybridized carbons (Fsp3) is 0.414. The maximum Gasteiger partial charge on any atom is 0.193 e. The highest BCUT2D eigenvalue weighted by atomic mass is 16.7. The van der Waals surface area contributed by atoms with Crippen molar-refractivity contribution in [3.8, 4) is 28.7 Å². The monoisotopic (exact) mass is 544 g/mol. The number of ketones is 1. The maximum absolute atomic E-state index is 13.7. The van der Waals surface area contributed by atoms with Gasteiger partial charge in [0.25, 0.3) is 0 Å². The molecule has 1 heterocycles. The Hall–Kier alpha value is -3.57. The van der Waals surface area contributed by atoms with Crippen LogP contribution in [0.1, 0.15) is 40.9 Å². The van der Waals surface area contributed by atoms with E-state index < -0.39 is 5.60 Å². The third kappa shape index (κ3) is 7.51. The molecule has 3 rings (SSSR count). The van der Waals surface area contributed by atoms with Crippen molar-refractivity contribution in [3.05, 3.63) is 52.6 Å². The van der Waals surface area contributed by atoms with Gasteiger partial charge in [-0.1, -0.05) is 12.1 Å². The summed E-state index contributed by atoms with van der Waals surface area (Å²) in [6.45, 7) is 5.64. The zero-order chi connectivity index (χ0) is 28.4. The van der Waals surface area contributed by atoms with Crippen molar-refractivity contribution >= 4 is 17.9 Å². The van der Waals surface area contributed by atoms with E-state index >= 15 is 0 Å². The lowest BCUT2D eigenvalue weighted by atomic mass is 9.93. The molecule has 0 saturated heterocycles. The quantitative estimate of drug-likeness (QED) is 0.173. The molecule has 0 atom stereocenters. The van der Waals surface area contributed by atoms with E-state index in [2.05, 4.69) is 0 Å². The second-order valence-electron chi connectivity index (χ2n) is 9.05. The molecule has 0 spiro atoms. The van der Waals surface area contributed by atoms with E-state index in [-0.39, 0.29) is 44.3 Å². The van der Waals surface area contributed by atoms with E-state index in [0.717, 1.165) is 0 Å². The summed E-state index contributed by atoms with van der Waals surface area (Å²) in [6, 6.07) is 5.24. The van der Waals surface area contributed by atoms with Crippen molar-refractivity contribution in [1.82, 2.24) is 0 Å². The van der Waals surface area contributed by atoms with Crippen molar-refractivity contribution in [2.75, 3.05) is 55.6 Å². The minimum atomic E-state index is -0.554. The van der Waals surface area contributed by atoms with Crippen LogP contribution in [0, 0.1) is 6.92 Å². The van der Waals surface area contributed by atoms with Gasteiger partial charge in [-0.3, -0.25) is 4.79 Å². The Labute approximate surface area is 228 Å². The average molecular weight is 545 g/mol. The van der Waals surface area contributed by atoms with Gasteiger partial charge in [-0.05, 0) is 56.7 Å². The zero-order valence-corrected chi connectivity index (χ0v) is 23.5. The molecule has 2 aromatic carbocycles. The molecule has 0 bridgehead atoms. The van der Waals surface area contributed by atoms with E-state index in [1.165, 1.54) is 34.5 Å². The van der Waals surface area contributed by atoms with Crippen molar-refractivity contribution in [1.29, 1.82) is 0 Å². The summed E-state index contributed by atoms with van der Waals surface area (Å²) in [6.07, 6.45) is 6.88. The molecule has 212 valence electrons. The smallest absolute Gasteiger partial charge is 0.193 e. The topological polar surface area (TPSA) is 100 Å². The first-order valence-corrected chi connectivity index (χ1v) is 12.2. The summed E-state index contributed by atoms with van der Waals surface area (Å²) >= 11 is 0. The van der Waals surface area contributed by atoms with Crippen molar-refractivity contribution < 1.29 is 47.4 Å². The third-order valence-electron chi connectivity index (χ3n) is 5.59. The van der Waals surface area contributed by atoms with E-state index in [0.29, 0.717) is 39.7 Å². The number of methoxy groups -OCH3 is 4. The van der Waals surface area contributed by atoms with Crippen LogP contribution >= 0.6 is 0 Å². The van der Waals surface area contributed by atoms with Gasteiger partial charge < -0.3 is 42.6 Å². The van der Waals surface area contributed by atoms with Crippen LogP contribution in [0.3, 0.4) is 0 Å². The van der Waals surface area contributed by atoms with Crippen LogP contribution in [0.2, 0.25) is 0 Å². The van der Waals surface area contributed by atoms with Crippen molar-refractivity contribution in [2.24, 2.45) is 0 Å². The average Bonchev–Trinajstić information content (AvgIpc) is 2.92. The lowest BCUT2D eigenvalue weighted by molar-refractivity contribution is 0.0322. The van der Waals surface area contributed by atoms with E-state index in [4.69, 9.17) is 42.6 Å². The maximum atomic E-state index is 13.7. The SMILES string of the molecule is COCOc1ccc(/C=C/C(=O)c2c(OCOC)c(C)c3c(c2OCOC)C=CC(C)(C)O3)cc1OCOC. The fourth-order valence-electron chi connectivity index (χ4n) is 3.85. The van der Waals surface area contributed by atoms with Crippen LogP contribution in [0.15, 0.2) is 30.4 Å². The van der Waals surface area contributed by atoms with Gasteiger partial charge in [-0.15, -0.1) is 0 Å². The molecule has 10 heteroatoms. The predicted octanol–water partition coefficient (Wildman–Crippen LogP) is 5.01. The standard InChI is InChI=1S/C29H36O10/c1-19-26-21(12-13-29(2,3)39-26)28(38-18-34-7)25(27(19)37-17-33-6)22(30)10-8-20-9-11-23(35-15-31-4)24(14-20)36-16-32-5/h8-14H,15-18H2,1-7H3/b10-8+. The minimum absolute atomic E-state index is 0.0244. The summed E-state index contributed by atoms with van der Waals surface area (Å²) in [5.41, 5.74) is 1.64. The molecule has 0 fully saturated rings. The second-order valence-corrected chi connectivity index (χ2v) is 9.05.